The summed E-state index contributed by atoms with van der Waals surface area (Å²) in [6.07, 6.45) is -0.0873. The number of phosphoric acid groups is 1. The SMILES string of the molecule is CCCOP(O)(=S)OC(C)COP(=O)(O)O. The first-order valence-electron chi connectivity index (χ1n) is 4.52. The third-order valence-electron chi connectivity index (χ3n) is 1.25. The van der Waals surface area contributed by atoms with Crippen LogP contribution in [0, 0.1) is 0 Å². The van der Waals surface area contributed by atoms with Gasteiger partial charge < -0.3 is 23.7 Å². The smallest absolute Gasteiger partial charge is 0.324 e. The summed E-state index contributed by atoms with van der Waals surface area (Å²) in [6.45, 7) is -0.156. The zero-order chi connectivity index (χ0) is 12.8. The second-order valence-corrected chi connectivity index (χ2v) is 7.03. The van der Waals surface area contributed by atoms with Crippen molar-refractivity contribution in [2.45, 2.75) is 26.4 Å². The quantitative estimate of drug-likeness (QED) is 0.572. The third-order valence-corrected chi connectivity index (χ3v) is 3.44. The van der Waals surface area contributed by atoms with E-state index >= 15 is 0 Å². The Morgan fingerprint density at radius 1 is 1.31 bits per heavy atom. The van der Waals surface area contributed by atoms with Crippen molar-refractivity contribution >= 4 is 26.3 Å². The summed E-state index contributed by atoms with van der Waals surface area (Å²) in [5.74, 6) is 0. The van der Waals surface area contributed by atoms with Crippen molar-refractivity contribution in [3.63, 3.8) is 0 Å². The second kappa shape index (κ2) is 7.16. The summed E-state index contributed by atoms with van der Waals surface area (Å²) >= 11 is 4.67. The molecule has 0 aromatic rings. The van der Waals surface area contributed by atoms with Crippen molar-refractivity contribution in [2.24, 2.45) is 0 Å². The van der Waals surface area contributed by atoms with Crippen molar-refractivity contribution in [3.8, 4) is 0 Å². The zero-order valence-corrected chi connectivity index (χ0v) is 11.6. The first-order chi connectivity index (χ1) is 7.16. The van der Waals surface area contributed by atoms with Crippen LogP contribution in [0.5, 0.6) is 0 Å². The van der Waals surface area contributed by atoms with Crippen molar-refractivity contribution in [3.05, 3.63) is 0 Å². The molecule has 0 saturated carbocycles. The molecular weight excluding hydrogens is 278 g/mol. The lowest BCUT2D eigenvalue weighted by Gasteiger charge is -2.20. The monoisotopic (exact) mass is 294 g/mol. The van der Waals surface area contributed by atoms with E-state index in [1.807, 2.05) is 6.92 Å². The van der Waals surface area contributed by atoms with Gasteiger partial charge in [0, 0.05) is 0 Å². The Kier molecular flexibility index (Phi) is 7.44. The van der Waals surface area contributed by atoms with E-state index in [1.54, 1.807) is 0 Å². The lowest BCUT2D eigenvalue weighted by atomic mass is 10.5. The fourth-order valence-corrected chi connectivity index (χ4v) is 2.76. The predicted molar refractivity (Wildman–Crippen MR) is 61.3 cm³/mol. The molecule has 0 aliphatic heterocycles. The number of hydrogen-bond donors (Lipinski definition) is 3. The average Bonchev–Trinajstić information content (AvgIpc) is 2.10. The molecule has 0 spiro atoms. The van der Waals surface area contributed by atoms with Crippen LogP contribution in [0.25, 0.3) is 0 Å². The van der Waals surface area contributed by atoms with Gasteiger partial charge in [0.2, 0.25) is 0 Å². The van der Waals surface area contributed by atoms with Gasteiger partial charge in [-0.05, 0) is 25.2 Å². The minimum absolute atomic E-state index is 0.264. The number of hydrogen-bond acceptors (Lipinski definition) is 5. The fourth-order valence-electron chi connectivity index (χ4n) is 0.697. The topological polar surface area (TPSA) is 105 Å². The average molecular weight is 294 g/mol. The van der Waals surface area contributed by atoms with E-state index in [1.165, 1.54) is 6.92 Å². The molecule has 0 aliphatic carbocycles. The molecule has 3 N–H and O–H groups in total. The van der Waals surface area contributed by atoms with Gasteiger partial charge in [0.25, 0.3) is 0 Å². The maximum Gasteiger partial charge on any atom is 0.469 e. The molecule has 0 amide bonds. The van der Waals surface area contributed by atoms with Gasteiger partial charge in [-0.1, -0.05) is 6.92 Å². The van der Waals surface area contributed by atoms with Crippen molar-refractivity contribution in [1.29, 1.82) is 0 Å². The van der Waals surface area contributed by atoms with Crippen LogP contribution in [0.15, 0.2) is 0 Å². The van der Waals surface area contributed by atoms with Gasteiger partial charge in [-0.2, -0.15) is 0 Å². The van der Waals surface area contributed by atoms with Gasteiger partial charge in [-0.3, -0.25) is 4.52 Å². The van der Waals surface area contributed by atoms with E-state index in [4.69, 9.17) is 18.8 Å². The maximum atomic E-state index is 10.4. The molecule has 0 fully saturated rings. The summed E-state index contributed by atoms with van der Waals surface area (Å²) in [5.41, 5.74) is 0. The van der Waals surface area contributed by atoms with Gasteiger partial charge in [0.1, 0.15) is 0 Å². The van der Waals surface area contributed by atoms with E-state index in [2.05, 4.69) is 16.3 Å². The molecule has 10 heteroatoms. The standard InChI is InChI=1S/C6H16O7P2S/c1-3-4-11-15(10,16)13-6(2)5-12-14(7,8)9/h6H,3-5H2,1-2H3,(H,10,16)(H2,7,8,9). The summed E-state index contributed by atoms with van der Waals surface area (Å²) in [4.78, 5) is 26.3. The van der Waals surface area contributed by atoms with Gasteiger partial charge >= 0.3 is 14.5 Å². The van der Waals surface area contributed by atoms with Crippen LogP contribution in [0.1, 0.15) is 20.3 Å². The van der Waals surface area contributed by atoms with E-state index in [-0.39, 0.29) is 13.2 Å². The predicted octanol–water partition coefficient (Wildman–Crippen LogP) is 1.14. The Morgan fingerprint density at radius 3 is 2.31 bits per heavy atom. The van der Waals surface area contributed by atoms with Crippen LogP contribution >= 0.6 is 14.5 Å². The van der Waals surface area contributed by atoms with Crippen LogP contribution in [0.3, 0.4) is 0 Å². The highest BCUT2D eigenvalue weighted by Crippen LogP contribution is 2.45. The molecule has 0 aromatic heterocycles. The Hall–Kier alpha value is 0.640. The fraction of sp³-hybridized carbons (Fsp3) is 1.00. The molecule has 0 radical (unpaired) electrons. The number of phosphoric ester groups is 1. The van der Waals surface area contributed by atoms with E-state index in [0.717, 1.165) is 0 Å². The van der Waals surface area contributed by atoms with Crippen LogP contribution < -0.4 is 0 Å². The molecule has 16 heavy (non-hydrogen) atoms. The molecule has 2 unspecified atom stereocenters. The summed E-state index contributed by atoms with van der Waals surface area (Å²) in [6, 6.07) is 0. The van der Waals surface area contributed by atoms with Gasteiger partial charge in [-0.25, -0.2) is 4.57 Å². The Morgan fingerprint density at radius 2 is 1.88 bits per heavy atom. The minimum Gasteiger partial charge on any atom is -0.324 e. The maximum absolute atomic E-state index is 10.4. The van der Waals surface area contributed by atoms with E-state index in [0.29, 0.717) is 6.42 Å². The van der Waals surface area contributed by atoms with Gasteiger partial charge in [-0.15, -0.1) is 0 Å². The zero-order valence-electron chi connectivity index (χ0n) is 8.98. The second-order valence-electron chi connectivity index (χ2n) is 3.00. The summed E-state index contributed by atoms with van der Waals surface area (Å²) in [7, 11) is -4.53. The Balaban J connectivity index is 3.99. The molecule has 0 aromatic carbocycles. The van der Waals surface area contributed by atoms with E-state index < -0.39 is 20.6 Å². The molecule has 0 aliphatic rings. The summed E-state index contributed by atoms with van der Waals surface area (Å²) in [5, 5.41) is 0. The van der Waals surface area contributed by atoms with Crippen LogP contribution in [-0.4, -0.2) is 34.0 Å². The molecule has 0 saturated heterocycles. The highest BCUT2D eigenvalue weighted by molar-refractivity contribution is 8.07. The lowest BCUT2D eigenvalue weighted by molar-refractivity contribution is 0.0899. The Bertz CT molecular complexity index is 291. The molecule has 0 rings (SSSR count). The van der Waals surface area contributed by atoms with Crippen molar-refractivity contribution in [2.75, 3.05) is 13.2 Å². The molecule has 0 heterocycles. The van der Waals surface area contributed by atoms with Crippen LogP contribution in [0.4, 0.5) is 0 Å². The normalized spacial score (nSPS) is 18.1. The van der Waals surface area contributed by atoms with E-state index in [9.17, 15) is 9.46 Å². The highest BCUT2D eigenvalue weighted by Gasteiger charge is 2.22. The molecule has 2 atom stereocenters. The third kappa shape index (κ3) is 9.84. The lowest BCUT2D eigenvalue weighted by Crippen LogP contribution is -2.14. The molecule has 0 bridgehead atoms. The van der Waals surface area contributed by atoms with Gasteiger partial charge in [0.15, 0.2) is 0 Å². The first-order valence-corrected chi connectivity index (χ1v) is 8.64. The first kappa shape index (κ1) is 16.6. The van der Waals surface area contributed by atoms with Crippen molar-refractivity contribution < 1.29 is 32.8 Å². The van der Waals surface area contributed by atoms with Gasteiger partial charge in [0.05, 0.1) is 19.3 Å². The largest absolute Gasteiger partial charge is 0.469 e. The molecular formula is C6H16O7P2S. The highest BCUT2D eigenvalue weighted by atomic mass is 32.5. The van der Waals surface area contributed by atoms with Crippen molar-refractivity contribution in [1.82, 2.24) is 0 Å². The molecule has 7 nitrogen and oxygen atoms in total. The molecule has 98 valence electrons. The summed E-state index contributed by atoms with van der Waals surface area (Å²) < 4.78 is 24.4. The van der Waals surface area contributed by atoms with Crippen LogP contribution in [-0.2, 0) is 29.9 Å². The number of rotatable bonds is 8. The van der Waals surface area contributed by atoms with Crippen LogP contribution in [0.2, 0.25) is 0 Å². The minimum atomic E-state index is -4.53. The Labute approximate surface area is 99.2 Å².